The summed E-state index contributed by atoms with van der Waals surface area (Å²) in [5.41, 5.74) is 1.52. The average molecular weight is 452 g/mol. The number of carbonyl (C=O) groups is 2. The van der Waals surface area contributed by atoms with Crippen LogP contribution in [0, 0.1) is 5.41 Å². The zero-order valence-corrected chi connectivity index (χ0v) is 19.4. The number of anilines is 1. The summed E-state index contributed by atoms with van der Waals surface area (Å²) in [6, 6.07) is 11.8. The molecule has 1 amide bonds. The van der Waals surface area contributed by atoms with Crippen LogP contribution in [0.3, 0.4) is 0 Å². The van der Waals surface area contributed by atoms with Crippen molar-refractivity contribution in [3.8, 4) is 11.5 Å². The summed E-state index contributed by atoms with van der Waals surface area (Å²) in [4.78, 5) is 23.5. The number of benzene rings is 2. The summed E-state index contributed by atoms with van der Waals surface area (Å²) < 4.78 is 11.4. The van der Waals surface area contributed by atoms with Crippen LogP contribution in [0.1, 0.15) is 67.8 Å². The van der Waals surface area contributed by atoms with Gasteiger partial charge in [-0.3, -0.25) is 4.79 Å². The Kier molecular flexibility index (Phi) is 8.52. The molecule has 1 fully saturated rings. The van der Waals surface area contributed by atoms with E-state index in [-0.39, 0.29) is 11.3 Å². The number of carbonyl (C=O) groups excluding carboxylic acids is 1. The van der Waals surface area contributed by atoms with Gasteiger partial charge in [-0.2, -0.15) is 0 Å². The van der Waals surface area contributed by atoms with E-state index in [9.17, 15) is 14.7 Å². The van der Waals surface area contributed by atoms with Gasteiger partial charge in [0, 0.05) is 6.08 Å². The summed E-state index contributed by atoms with van der Waals surface area (Å²) in [5.74, 6) is -0.219. The molecule has 0 saturated heterocycles. The smallest absolute Gasteiger partial charge is 0.337 e. The minimum atomic E-state index is -1.09. The highest BCUT2D eigenvalue weighted by molar-refractivity contribution is 6.06. The van der Waals surface area contributed by atoms with Crippen LogP contribution >= 0.6 is 0 Å². The Balaban J connectivity index is 1.55. The van der Waals surface area contributed by atoms with E-state index >= 15 is 0 Å². The van der Waals surface area contributed by atoms with Gasteiger partial charge in [-0.1, -0.05) is 44.4 Å². The van der Waals surface area contributed by atoms with Gasteiger partial charge in [-0.15, -0.1) is 0 Å². The third kappa shape index (κ3) is 7.11. The number of carboxylic acids is 1. The average Bonchev–Trinajstić information content (AvgIpc) is 2.81. The molecule has 0 aromatic heterocycles. The van der Waals surface area contributed by atoms with Gasteiger partial charge >= 0.3 is 5.97 Å². The standard InChI is InChI=1S/C27H33NO5/c1-27(15-6-3-7-16-27)17-8-18-33-23-13-11-20(19-24(23)32-2)12-14-25(29)28-22-10-5-4-9-21(22)26(30)31/h4-5,9-14,19H,3,6-8,15-18H2,1-2H3,(H,28,29)(H,30,31). The number of aromatic carboxylic acids is 1. The summed E-state index contributed by atoms with van der Waals surface area (Å²) in [6.45, 7) is 3.04. The second-order valence-corrected chi connectivity index (χ2v) is 8.91. The first kappa shape index (κ1) is 24.4. The first-order valence-electron chi connectivity index (χ1n) is 11.5. The van der Waals surface area contributed by atoms with Crippen molar-refractivity contribution < 1.29 is 24.2 Å². The highest BCUT2D eigenvalue weighted by Gasteiger charge is 2.26. The Hall–Kier alpha value is -3.28. The van der Waals surface area contributed by atoms with E-state index in [0.29, 0.717) is 23.5 Å². The highest BCUT2D eigenvalue weighted by atomic mass is 16.5. The van der Waals surface area contributed by atoms with Crippen molar-refractivity contribution >= 4 is 23.6 Å². The molecule has 33 heavy (non-hydrogen) atoms. The molecule has 0 bridgehead atoms. The number of ether oxygens (including phenoxy) is 2. The molecule has 2 aromatic rings. The normalized spacial score (nSPS) is 15.2. The van der Waals surface area contributed by atoms with Crippen molar-refractivity contribution in [1.29, 1.82) is 0 Å². The molecule has 0 heterocycles. The summed E-state index contributed by atoms with van der Waals surface area (Å²) in [7, 11) is 1.59. The summed E-state index contributed by atoms with van der Waals surface area (Å²) in [5, 5.41) is 11.8. The van der Waals surface area contributed by atoms with Crippen molar-refractivity contribution in [1.82, 2.24) is 0 Å². The SMILES string of the molecule is COc1cc(C=CC(=O)Nc2ccccc2C(=O)O)ccc1OCCCC1(C)CCCCC1. The molecule has 2 aromatic carbocycles. The van der Waals surface area contributed by atoms with Gasteiger partial charge in [-0.25, -0.2) is 4.79 Å². The zero-order chi connectivity index (χ0) is 23.7. The number of para-hydroxylation sites is 1. The molecule has 0 aliphatic heterocycles. The molecule has 1 aliphatic rings. The minimum Gasteiger partial charge on any atom is -0.493 e. The highest BCUT2D eigenvalue weighted by Crippen LogP contribution is 2.39. The molecule has 1 saturated carbocycles. The van der Waals surface area contributed by atoms with Gasteiger partial charge in [-0.05, 0) is 67.0 Å². The third-order valence-electron chi connectivity index (χ3n) is 6.27. The maximum Gasteiger partial charge on any atom is 0.337 e. The first-order chi connectivity index (χ1) is 15.9. The van der Waals surface area contributed by atoms with Crippen LogP contribution in [-0.4, -0.2) is 30.7 Å². The van der Waals surface area contributed by atoms with Crippen molar-refractivity contribution in [2.45, 2.75) is 51.9 Å². The Labute approximate surface area is 195 Å². The van der Waals surface area contributed by atoms with E-state index in [1.165, 1.54) is 50.7 Å². The molecule has 1 aliphatic carbocycles. The quantitative estimate of drug-likeness (QED) is 0.333. The molecular formula is C27H33NO5. The number of methoxy groups -OCH3 is 1. The topological polar surface area (TPSA) is 84.9 Å². The van der Waals surface area contributed by atoms with Crippen molar-refractivity contribution in [3.63, 3.8) is 0 Å². The fraction of sp³-hybridized carbons (Fsp3) is 0.407. The number of hydrogen-bond donors (Lipinski definition) is 2. The lowest BCUT2D eigenvalue weighted by atomic mass is 9.73. The van der Waals surface area contributed by atoms with Crippen LogP contribution in [0.5, 0.6) is 11.5 Å². The predicted octanol–water partition coefficient (Wildman–Crippen LogP) is 6.17. The Morgan fingerprint density at radius 3 is 2.58 bits per heavy atom. The van der Waals surface area contributed by atoms with Crippen LogP contribution in [0.2, 0.25) is 0 Å². The monoisotopic (exact) mass is 451 g/mol. The molecular weight excluding hydrogens is 418 g/mol. The number of nitrogens with one attached hydrogen (secondary N) is 1. The van der Waals surface area contributed by atoms with Crippen LogP contribution < -0.4 is 14.8 Å². The molecule has 6 nitrogen and oxygen atoms in total. The lowest BCUT2D eigenvalue weighted by Gasteiger charge is -2.33. The lowest BCUT2D eigenvalue weighted by Crippen LogP contribution is -2.20. The fourth-order valence-electron chi connectivity index (χ4n) is 4.37. The first-order valence-corrected chi connectivity index (χ1v) is 11.5. The molecule has 0 radical (unpaired) electrons. The number of carboxylic acid groups (broad SMARTS) is 1. The number of rotatable bonds is 10. The maximum atomic E-state index is 12.3. The predicted molar refractivity (Wildman–Crippen MR) is 130 cm³/mol. The van der Waals surface area contributed by atoms with Gasteiger partial charge < -0.3 is 19.9 Å². The van der Waals surface area contributed by atoms with Crippen molar-refractivity contribution in [3.05, 3.63) is 59.7 Å². The van der Waals surface area contributed by atoms with Crippen molar-refractivity contribution in [2.24, 2.45) is 5.41 Å². The third-order valence-corrected chi connectivity index (χ3v) is 6.27. The van der Waals surface area contributed by atoms with E-state index in [0.717, 1.165) is 12.0 Å². The zero-order valence-electron chi connectivity index (χ0n) is 19.4. The minimum absolute atomic E-state index is 0.0416. The number of amides is 1. The Morgan fingerprint density at radius 2 is 1.85 bits per heavy atom. The second-order valence-electron chi connectivity index (χ2n) is 8.91. The van der Waals surface area contributed by atoms with E-state index in [1.807, 2.05) is 18.2 Å². The number of hydrogen-bond acceptors (Lipinski definition) is 4. The van der Waals surface area contributed by atoms with Crippen LogP contribution in [-0.2, 0) is 4.79 Å². The Bertz CT molecular complexity index is 992. The molecule has 0 atom stereocenters. The lowest BCUT2D eigenvalue weighted by molar-refractivity contribution is -0.111. The van der Waals surface area contributed by atoms with Crippen LogP contribution in [0.15, 0.2) is 48.5 Å². The molecule has 176 valence electrons. The largest absolute Gasteiger partial charge is 0.493 e. The van der Waals surface area contributed by atoms with Gasteiger partial charge in [0.05, 0.1) is 25.0 Å². The van der Waals surface area contributed by atoms with Crippen LogP contribution in [0.4, 0.5) is 5.69 Å². The molecule has 0 spiro atoms. The summed E-state index contributed by atoms with van der Waals surface area (Å²) in [6.07, 6.45) is 11.9. The van der Waals surface area contributed by atoms with Crippen molar-refractivity contribution in [2.75, 3.05) is 19.0 Å². The molecule has 6 heteroatoms. The second kappa shape index (κ2) is 11.5. The fourth-order valence-corrected chi connectivity index (χ4v) is 4.37. The Morgan fingerprint density at radius 1 is 1.09 bits per heavy atom. The van der Waals surface area contributed by atoms with Gasteiger partial charge in [0.15, 0.2) is 11.5 Å². The van der Waals surface area contributed by atoms with E-state index < -0.39 is 11.9 Å². The van der Waals surface area contributed by atoms with E-state index in [2.05, 4.69) is 12.2 Å². The van der Waals surface area contributed by atoms with Crippen LogP contribution in [0.25, 0.3) is 6.08 Å². The van der Waals surface area contributed by atoms with Gasteiger partial charge in [0.2, 0.25) is 5.91 Å². The van der Waals surface area contributed by atoms with E-state index in [1.54, 1.807) is 31.4 Å². The molecule has 2 N–H and O–H groups in total. The molecule has 0 unspecified atom stereocenters. The molecule has 3 rings (SSSR count). The van der Waals surface area contributed by atoms with E-state index in [4.69, 9.17) is 9.47 Å². The van der Waals surface area contributed by atoms with Gasteiger partial charge in [0.25, 0.3) is 0 Å². The van der Waals surface area contributed by atoms with Gasteiger partial charge in [0.1, 0.15) is 0 Å². The maximum absolute atomic E-state index is 12.3. The summed E-state index contributed by atoms with van der Waals surface area (Å²) >= 11 is 0.